The van der Waals surface area contributed by atoms with Gasteiger partial charge in [0.2, 0.25) is 0 Å². The maximum Gasteiger partial charge on any atom is 0.434 e. The van der Waals surface area contributed by atoms with Gasteiger partial charge in [0.1, 0.15) is 0 Å². The number of halogens is 3. The fourth-order valence-electron chi connectivity index (χ4n) is 0.670. The van der Waals surface area contributed by atoms with E-state index >= 15 is 0 Å². The van der Waals surface area contributed by atoms with E-state index in [9.17, 15) is 13.2 Å². The summed E-state index contributed by atoms with van der Waals surface area (Å²) in [6.45, 7) is 0.431. The first-order valence-electron chi connectivity index (χ1n) is 3.70. The van der Waals surface area contributed by atoms with Crippen LogP contribution in [0, 0.1) is 11.8 Å². The van der Waals surface area contributed by atoms with Crippen molar-refractivity contribution >= 4 is 11.3 Å². The van der Waals surface area contributed by atoms with Gasteiger partial charge in [0.15, 0.2) is 10.7 Å². The number of nitrogens with one attached hydrogen (secondary N) is 1. The van der Waals surface area contributed by atoms with Gasteiger partial charge in [0, 0.05) is 5.38 Å². The molecule has 0 aromatic carbocycles. The molecule has 0 aliphatic heterocycles. The summed E-state index contributed by atoms with van der Waals surface area (Å²) in [6.07, 6.45) is -4.38. The lowest BCUT2D eigenvalue weighted by molar-refractivity contribution is -0.140. The van der Waals surface area contributed by atoms with Crippen molar-refractivity contribution in [3.63, 3.8) is 0 Å². The third-order valence-corrected chi connectivity index (χ3v) is 2.01. The summed E-state index contributed by atoms with van der Waals surface area (Å²) in [7, 11) is 1.71. The van der Waals surface area contributed by atoms with Crippen LogP contribution in [0.15, 0.2) is 5.38 Å². The lowest BCUT2D eigenvalue weighted by Gasteiger charge is -1.98. The Morgan fingerprint density at radius 3 is 2.79 bits per heavy atom. The Labute approximate surface area is 83.2 Å². The third-order valence-electron chi connectivity index (χ3n) is 1.26. The minimum atomic E-state index is -4.38. The molecule has 0 aliphatic rings. The molecule has 1 aromatic rings. The molecule has 76 valence electrons. The van der Waals surface area contributed by atoms with Gasteiger partial charge in [-0.05, 0) is 13.0 Å². The van der Waals surface area contributed by atoms with Crippen LogP contribution in [0.3, 0.4) is 0 Å². The average molecular weight is 220 g/mol. The number of rotatable bonds is 1. The van der Waals surface area contributed by atoms with Crippen LogP contribution < -0.4 is 5.32 Å². The van der Waals surface area contributed by atoms with Crippen molar-refractivity contribution < 1.29 is 13.2 Å². The molecule has 0 saturated heterocycles. The van der Waals surface area contributed by atoms with Crippen LogP contribution in [0.2, 0.25) is 0 Å². The zero-order valence-corrected chi connectivity index (χ0v) is 8.09. The zero-order valence-electron chi connectivity index (χ0n) is 7.27. The quantitative estimate of drug-likeness (QED) is 0.729. The van der Waals surface area contributed by atoms with E-state index in [4.69, 9.17) is 0 Å². The highest BCUT2D eigenvalue weighted by Crippen LogP contribution is 2.29. The summed E-state index contributed by atoms with van der Waals surface area (Å²) in [5, 5.41) is 3.91. The van der Waals surface area contributed by atoms with E-state index in [2.05, 4.69) is 22.1 Å². The predicted octanol–water partition coefficient (Wildman–Crippen LogP) is 1.73. The molecule has 0 amide bonds. The van der Waals surface area contributed by atoms with E-state index in [1.807, 2.05) is 0 Å². The van der Waals surface area contributed by atoms with E-state index < -0.39 is 11.9 Å². The monoisotopic (exact) mass is 220 g/mol. The molecule has 0 unspecified atom stereocenters. The normalized spacial score (nSPS) is 10.9. The van der Waals surface area contributed by atoms with Crippen LogP contribution in [-0.2, 0) is 6.18 Å². The Morgan fingerprint density at radius 1 is 1.57 bits per heavy atom. The highest BCUT2D eigenvalue weighted by atomic mass is 32.1. The highest BCUT2D eigenvalue weighted by Gasteiger charge is 2.33. The molecule has 0 fully saturated rings. The maximum atomic E-state index is 12.1. The summed E-state index contributed by atoms with van der Waals surface area (Å²) < 4.78 is 36.2. The Kier molecular flexibility index (Phi) is 3.49. The summed E-state index contributed by atoms with van der Waals surface area (Å²) in [5.41, 5.74) is -0.878. The summed E-state index contributed by atoms with van der Waals surface area (Å²) >= 11 is 0.894. The van der Waals surface area contributed by atoms with Crippen LogP contribution in [0.5, 0.6) is 0 Å². The number of hydrogen-bond donors (Lipinski definition) is 1. The number of alkyl halides is 3. The van der Waals surface area contributed by atoms with Crippen LogP contribution in [0.4, 0.5) is 13.2 Å². The van der Waals surface area contributed by atoms with E-state index in [-0.39, 0.29) is 5.01 Å². The lowest BCUT2D eigenvalue weighted by atomic mass is 10.5. The second kappa shape index (κ2) is 4.44. The summed E-state index contributed by atoms with van der Waals surface area (Å²) in [6, 6.07) is 0. The molecule has 1 aromatic heterocycles. The highest BCUT2D eigenvalue weighted by molar-refractivity contribution is 7.10. The SMILES string of the molecule is CNCC#Cc1nc(C(F)(F)F)cs1. The molecule has 2 nitrogen and oxygen atoms in total. The Hall–Kier alpha value is -1.06. The number of thiazole rings is 1. The van der Waals surface area contributed by atoms with Crippen molar-refractivity contribution in [1.82, 2.24) is 10.3 Å². The van der Waals surface area contributed by atoms with Crippen molar-refractivity contribution in [2.24, 2.45) is 0 Å². The smallest absolute Gasteiger partial charge is 0.309 e. The summed E-state index contributed by atoms with van der Waals surface area (Å²) in [4.78, 5) is 3.35. The third kappa shape index (κ3) is 3.01. The predicted molar refractivity (Wildman–Crippen MR) is 47.9 cm³/mol. The van der Waals surface area contributed by atoms with E-state index in [0.29, 0.717) is 6.54 Å². The van der Waals surface area contributed by atoms with E-state index in [1.54, 1.807) is 7.05 Å². The van der Waals surface area contributed by atoms with Crippen molar-refractivity contribution in [1.29, 1.82) is 0 Å². The second-order valence-electron chi connectivity index (χ2n) is 2.37. The van der Waals surface area contributed by atoms with Gasteiger partial charge in [-0.2, -0.15) is 13.2 Å². The molecule has 1 heterocycles. The maximum absolute atomic E-state index is 12.1. The molecule has 0 saturated carbocycles. The molecule has 1 rings (SSSR count). The van der Waals surface area contributed by atoms with Crippen molar-refractivity contribution in [3.8, 4) is 11.8 Å². The van der Waals surface area contributed by atoms with E-state index in [1.165, 1.54) is 0 Å². The molecule has 14 heavy (non-hydrogen) atoms. The molecule has 0 atom stereocenters. The fourth-order valence-corrected chi connectivity index (χ4v) is 1.36. The van der Waals surface area contributed by atoms with Gasteiger partial charge in [-0.1, -0.05) is 5.92 Å². The first kappa shape index (κ1) is 11.0. The molecule has 0 radical (unpaired) electrons. The topological polar surface area (TPSA) is 24.9 Å². The zero-order chi connectivity index (χ0) is 10.6. The van der Waals surface area contributed by atoms with Crippen molar-refractivity contribution in [3.05, 3.63) is 16.1 Å². The molecular weight excluding hydrogens is 213 g/mol. The molecule has 0 spiro atoms. The second-order valence-corrected chi connectivity index (χ2v) is 3.23. The molecule has 6 heteroatoms. The van der Waals surface area contributed by atoms with Gasteiger partial charge < -0.3 is 5.32 Å². The number of nitrogens with zero attached hydrogens (tertiary/aromatic N) is 1. The van der Waals surface area contributed by atoms with Crippen LogP contribution in [0.25, 0.3) is 0 Å². The Morgan fingerprint density at radius 2 is 2.29 bits per heavy atom. The van der Waals surface area contributed by atoms with Gasteiger partial charge >= 0.3 is 6.18 Å². The minimum Gasteiger partial charge on any atom is -0.309 e. The largest absolute Gasteiger partial charge is 0.434 e. The van der Waals surface area contributed by atoms with Crippen molar-refractivity contribution in [2.45, 2.75) is 6.18 Å². The summed E-state index contributed by atoms with van der Waals surface area (Å²) in [5.74, 6) is 5.17. The Balaban J connectivity index is 2.75. The number of aromatic nitrogens is 1. The minimum absolute atomic E-state index is 0.188. The standard InChI is InChI=1S/C8H7F3N2S/c1-12-4-2-3-7-13-6(5-14-7)8(9,10)11/h5,12H,4H2,1H3. The molecule has 0 aliphatic carbocycles. The Bertz CT molecular complexity index is 359. The first-order chi connectivity index (χ1) is 6.54. The van der Waals surface area contributed by atoms with E-state index in [0.717, 1.165) is 16.7 Å². The average Bonchev–Trinajstić information content (AvgIpc) is 2.52. The van der Waals surface area contributed by atoms with Crippen LogP contribution in [-0.4, -0.2) is 18.6 Å². The van der Waals surface area contributed by atoms with Crippen LogP contribution >= 0.6 is 11.3 Å². The van der Waals surface area contributed by atoms with Gasteiger partial charge in [-0.3, -0.25) is 0 Å². The molecule has 1 N–H and O–H groups in total. The first-order valence-corrected chi connectivity index (χ1v) is 4.58. The van der Waals surface area contributed by atoms with Crippen molar-refractivity contribution in [2.75, 3.05) is 13.6 Å². The van der Waals surface area contributed by atoms with Gasteiger partial charge in [0.05, 0.1) is 6.54 Å². The lowest BCUT2D eigenvalue weighted by Crippen LogP contribution is -2.05. The van der Waals surface area contributed by atoms with Gasteiger partial charge in [0.25, 0.3) is 0 Å². The molecular formula is C8H7F3N2S. The van der Waals surface area contributed by atoms with Crippen LogP contribution in [0.1, 0.15) is 10.7 Å². The van der Waals surface area contributed by atoms with Gasteiger partial charge in [-0.25, -0.2) is 4.98 Å². The fraction of sp³-hybridized carbons (Fsp3) is 0.375. The number of hydrogen-bond acceptors (Lipinski definition) is 3. The van der Waals surface area contributed by atoms with Gasteiger partial charge in [-0.15, -0.1) is 11.3 Å². The molecule has 0 bridgehead atoms.